The maximum absolute atomic E-state index is 12.3. The van der Waals surface area contributed by atoms with Gasteiger partial charge in [-0.05, 0) is 47.9 Å². The van der Waals surface area contributed by atoms with Crippen LogP contribution in [0, 0.1) is 11.3 Å². The monoisotopic (exact) mass is 460 g/mol. The standard InChI is InChI=1S/C26H21ClN2O4/c1-2-16-3-9-19(10-4-16)31-15-24(30)32-20-11-12-21-23(13-20)33-26(29)22(14-28)25(21)17-5-7-18(27)8-6-17/h3-13,25H,2,15,29H2,1H3. The predicted molar refractivity (Wildman–Crippen MR) is 124 cm³/mol. The molecule has 0 spiro atoms. The molecule has 1 unspecified atom stereocenters. The van der Waals surface area contributed by atoms with Crippen LogP contribution < -0.4 is 19.9 Å². The molecule has 1 atom stereocenters. The molecule has 0 aliphatic carbocycles. The average molecular weight is 461 g/mol. The van der Waals surface area contributed by atoms with E-state index in [4.69, 9.17) is 31.5 Å². The zero-order chi connectivity index (χ0) is 23.4. The van der Waals surface area contributed by atoms with Crippen LogP contribution in [0.15, 0.2) is 78.2 Å². The van der Waals surface area contributed by atoms with Crippen molar-refractivity contribution in [2.24, 2.45) is 5.73 Å². The van der Waals surface area contributed by atoms with Crippen molar-refractivity contribution >= 4 is 17.6 Å². The Bertz CT molecular complexity index is 1240. The highest BCUT2D eigenvalue weighted by Crippen LogP contribution is 2.43. The smallest absolute Gasteiger partial charge is 0.349 e. The summed E-state index contributed by atoms with van der Waals surface area (Å²) in [4.78, 5) is 12.3. The summed E-state index contributed by atoms with van der Waals surface area (Å²) in [5.74, 6) is 0.313. The number of carbonyl (C=O) groups is 1. The lowest BCUT2D eigenvalue weighted by atomic mass is 9.83. The Morgan fingerprint density at radius 1 is 1.09 bits per heavy atom. The molecule has 2 N–H and O–H groups in total. The molecule has 6 nitrogen and oxygen atoms in total. The number of rotatable bonds is 6. The number of fused-ring (bicyclic) bond motifs is 1. The van der Waals surface area contributed by atoms with Crippen LogP contribution in [0.1, 0.15) is 29.5 Å². The minimum absolute atomic E-state index is 0.00675. The molecule has 1 heterocycles. The van der Waals surface area contributed by atoms with E-state index < -0.39 is 11.9 Å². The van der Waals surface area contributed by atoms with Gasteiger partial charge in [0, 0.05) is 16.7 Å². The fourth-order valence-corrected chi connectivity index (χ4v) is 3.75. The molecule has 7 heteroatoms. The maximum Gasteiger partial charge on any atom is 0.349 e. The van der Waals surface area contributed by atoms with E-state index in [0.717, 1.165) is 17.5 Å². The fourth-order valence-electron chi connectivity index (χ4n) is 3.62. The summed E-state index contributed by atoms with van der Waals surface area (Å²) in [6.07, 6.45) is 0.928. The molecular weight excluding hydrogens is 440 g/mol. The lowest BCUT2D eigenvalue weighted by molar-refractivity contribution is -0.136. The summed E-state index contributed by atoms with van der Waals surface area (Å²) < 4.78 is 16.6. The van der Waals surface area contributed by atoms with E-state index in [9.17, 15) is 10.1 Å². The van der Waals surface area contributed by atoms with E-state index in [1.54, 1.807) is 30.3 Å². The number of halogens is 1. The Labute approximate surface area is 196 Å². The molecule has 3 aromatic carbocycles. The van der Waals surface area contributed by atoms with E-state index >= 15 is 0 Å². The molecule has 0 bridgehead atoms. The lowest BCUT2D eigenvalue weighted by Crippen LogP contribution is -2.21. The molecule has 0 saturated heterocycles. The SMILES string of the molecule is CCc1ccc(OCC(=O)Oc2ccc3c(c2)OC(N)=C(C#N)C3c2ccc(Cl)cc2)cc1. The van der Waals surface area contributed by atoms with E-state index in [0.29, 0.717) is 22.1 Å². The molecule has 0 saturated carbocycles. The molecule has 1 aliphatic heterocycles. The molecule has 166 valence electrons. The number of benzene rings is 3. The van der Waals surface area contributed by atoms with Crippen molar-refractivity contribution in [3.8, 4) is 23.3 Å². The van der Waals surface area contributed by atoms with Crippen LogP contribution in [0.5, 0.6) is 17.2 Å². The number of carbonyl (C=O) groups excluding carboxylic acids is 1. The third kappa shape index (κ3) is 4.94. The summed E-state index contributed by atoms with van der Waals surface area (Å²) >= 11 is 6.01. The van der Waals surface area contributed by atoms with Crippen LogP contribution >= 0.6 is 11.6 Å². The summed E-state index contributed by atoms with van der Waals surface area (Å²) in [7, 11) is 0. The van der Waals surface area contributed by atoms with E-state index in [1.807, 2.05) is 36.4 Å². The fraction of sp³-hybridized carbons (Fsp3) is 0.154. The Morgan fingerprint density at radius 3 is 2.45 bits per heavy atom. The van der Waals surface area contributed by atoms with Crippen LogP contribution in [-0.4, -0.2) is 12.6 Å². The van der Waals surface area contributed by atoms with Crippen LogP contribution in [-0.2, 0) is 11.2 Å². The van der Waals surface area contributed by atoms with Gasteiger partial charge in [-0.3, -0.25) is 0 Å². The largest absolute Gasteiger partial charge is 0.482 e. The van der Waals surface area contributed by atoms with Gasteiger partial charge in [0.25, 0.3) is 0 Å². The summed E-state index contributed by atoms with van der Waals surface area (Å²) in [5, 5.41) is 10.2. The number of hydrogen-bond donors (Lipinski definition) is 1. The Kier molecular flexibility index (Phi) is 6.53. The van der Waals surface area contributed by atoms with Crippen molar-refractivity contribution in [2.45, 2.75) is 19.3 Å². The zero-order valence-corrected chi connectivity index (χ0v) is 18.6. The van der Waals surface area contributed by atoms with Gasteiger partial charge in [-0.15, -0.1) is 0 Å². The first-order chi connectivity index (χ1) is 16.0. The summed E-state index contributed by atoms with van der Waals surface area (Å²) in [6.45, 7) is 1.83. The molecule has 0 fully saturated rings. The molecule has 1 aliphatic rings. The van der Waals surface area contributed by atoms with Gasteiger partial charge >= 0.3 is 5.97 Å². The van der Waals surface area contributed by atoms with Crippen molar-refractivity contribution in [1.29, 1.82) is 5.26 Å². The molecular formula is C26H21ClN2O4. The second-order valence-corrected chi connectivity index (χ2v) is 7.87. The third-order valence-corrected chi connectivity index (χ3v) is 5.57. The predicted octanol–water partition coefficient (Wildman–Crippen LogP) is 5.10. The minimum atomic E-state index is -0.555. The van der Waals surface area contributed by atoms with Gasteiger partial charge in [0.05, 0.1) is 5.92 Å². The zero-order valence-electron chi connectivity index (χ0n) is 17.9. The van der Waals surface area contributed by atoms with Gasteiger partial charge in [0.2, 0.25) is 5.88 Å². The van der Waals surface area contributed by atoms with Gasteiger partial charge < -0.3 is 19.9 Å². The minimum Gasteiger partial charge on any atom is -0.482 e. The topological polar surface area (TPSA) is 94.6 Å². The maximum atomic E-state index is 12.3. The molecule has 4 rings (SSSR count). The number of aryl methyl sites for hydroxylation is 1. The normalized spacial score (nSPS) is 14.6. The van der Waals surface area contributed by atoms with Gasteiger partial charge in [-0.25, -0.2) is 4.79 Å². The van der Waals surface area contributed by atoms with Crippen LogP contribution in [0.3, 0.4) is 0 Å². The van der Waals surface area contributed by atoms with Crippen LogP contribution in [0.25, 0.3) is 0 Å². The quantitative estimate of drug-likeness (QED) is 0.406. The van der Waals surface area contributed by atoms with Gasteiger partial charge in [-0.1, -0.05) is 48.9 Å². The second kappa shape index (κ2) is 9.68. The average Bonchev–Trinajstić information content (AvgIpc) is 2.82. The first-order valence-electron chi connectivity index (χ1n) is 10.4. The van der Waals surface area contributed by atoms with Crippen molar-refractivity contribution in [1.82, 2.24) is 0 Å². The number of esters is 1. The number of nitrogens with zero attached hydrogens (tertiary/aromatic N) is 1. The number of ether oxygens (including phenoxy) is 3. The highest BCUT2D eigenvalue weighted by atomic mass is 35.5. The first kappa shape index (κ1) is 22.3. The van der Waals surface area contributed by atoms with E-state index in [1.165, 1.54) is 5.56 Å². The Morgan fingerprint density at radius 2 is 1.79 bits per heavy atom. The molecule has 0 radical (unpaired) electrons. The van der Waals surface area contributed by atoms with Crippen LogP contribution in [0.2, 0.25) is 5.02 Å². The number of nitriles is 1. The number of allylic oxidation sites excluding steroid dienone is 1. The Hall–Kier alpha value is -3.95. The second-order valence-electron chi connectivity index (χ2n) is 7.44. The van der Waals surface area contributed by atoms with Gasteiger partial charge in [0.15, 0.2) is 6.61 Å². The molecule has 0 amide bonds. The van der Waals surface area contributed by atoms with E-state index in [2.05, 4.69) is 13.0 Å². The number of nitrogens with two attached hydrogens (primary N) is 1. The Balaban J connectivity index is 1.51. The van der Waals surface area contributed by atoms with Crippen molar-refractivity contribution in [2.75, 3.05) is 6.61 Å². The lowest BCUT2D eigenvalue weighted by Gasteiger charge is -2.26. The van der Waals surface area contributed by atoms with Crippen molar-refractivity contribution in [3.05, 3.63) is 99.9 Å². The molecule has 3 aromatic rings. The van der Waals surface area contributed by atoms with Gasteiger partial charge in [-0.2, -0.15) is 5.26 Å². The van der Waals surface area contributed by atoms with E-state index in [-0.39, 0.29) is 18.2 Å². The summed E-state index contributed by atoms with van der Waals surface area (Å²) in [5.41, 5.74) is 9.09. The van der Waals surface area contributed by atoms with Crippen molar-refractivity contribution < 1.29 is 19.0 Å². The summed E-state index contributed by atoms with van der Waals surface area (Å²) in [6, 6.07) is 21.8. The highest BCUT2D eigenvalue weighted by Gasteiger charge is 2.31. The highest BCUT2D eigenvalue weighted by molar-refractivity contribution is 6.30. The van der Waals surface area contributed by atoms with Gasteiger partial charge in [0.1, 0.15) is 28.9 Å². The molecule has 0 aromatic heterocycles. The third-order valence-electron chi connectivity index (χ3n) is 5.31. The molecule has 33 heavy (non-hydrogen) atoms. The van der Waals surface area contributed by atoms with Crippen LogP contribution in [0.4, 0.5) is 0 Å². The first-order valence-corrected chi connectivity index (χ1v) is 10.8. The number of hydrogen-bond acceptors (Lipinski definition) is 6. The van der Waals surface area contributed by atoms with Crippen molar-refractivity contribution in [3.63, 3.8) is 0 Å².